The lowest BCUT2D eigenvalue weighted by molar-refractivity contribution is 0.320. The molecule has 2 aromatic rings. The van der Waals surface area contributed by atoms with Crippen LogP contribution in [0, 0.1) is 12.3 Å². The number of hydrogen-bond acceptors (Lipinski definition) is 2. The average Bonchev–Trinajstić information content (AvgIpc) is 2.60. The van der Waals surface area contributed by atoms with Gasteiger partial charge in [0.05, 0.1) is 17.9 Å². The Labute approximate surface area is 96.3 Å². The lowest BCUT2D eigenvalue weighted by Crippen LogP contribution is -2.27. The van der Waals surface area contributed by atoms with E-state index < -0.39 is 0 Å². The summed E-state index contributed by atoms with van der Waals surface area (Å²) in [5.74, 6) is 0. The molecule has 2 aromatic heterocycles. The van der Waals surface area contributed by atoms with Crippen molar-refractivity contribution in [3.8, 4) is 0 Å². The summed E-state index contributed by atoms with van der Waals surface area (Å²) in [6.45, 7) is 8.50. The van der Waals surface area contributed by atoms with Gasteiger partial charge < -0.3 is 10.1 Å². The summed E-state index contributed by atoms with van der Waals surface area (Å²) in [7, 11) is 0. The standard InChI is InChI=1S/C13H19N3/c1-9-6-5-7-16-10(8-15-12(9)16)11(14)13(2,3)4/h5-8,11H,14H2,1-4H3/t11-/m0/s1. The predicted molar refractivity (Wildman–Crippen MR) is 66.3 cm³/mol. The number of pyridine rings is 1. The molecule has 86 valence electrons. The van der Waals surface area contributed by atoms with Crippen LogP contribution in [0.1, 0.15) is 38.1 Å². The molecule has 1 atom stereocenters. The molecule has 0 amide bonds. The summed E-state index contributed by atoms with van der Waals surface area (Å²) >= 11 is 0. The fraction of sp³-hybridized carbons (Fsp3) is 0.462. The lowest BCUT2D eigenvalue weighted by Gasteiger charge is -2.26. The van der Waals surface area contributed by atoms with Crippen molar-refractivity contribution in [3.63, 3.8) is 0 Å². The van der Waals surface area contributed by atoms with Gasteiger partial charge in [-0.05, 0) is 24.0 Å². The van der Waals surface area contributed by atoms with Crippen LogP contribution in [0.3, 0.4) is 0 Å². The SMILES string of the molecule is Cc1cccn2c([C@H](N)C(C)(C)C)cnc12. The van der Waals surface area contributed by atoms with E-state index in [4.69, 9.17) is 5.73 Å². The van der Waals surface area contributed by atoms with Crippen molar-refractivity contribution in [2.75, 3.05) is 0 Å². The van der Waals surface area contributed by atoms with Gasteiger partial charge in [-0.3, -0.25) is 0 Å². The fourth-order valence-electron chi connectivity index (χ4n) is 1.84. The van der Waals surface area contributed by atoms with E-state index in [0.717, 1.165) is 11.3 Å². The first kappa shape index (κ1) is 11.1. The van der Waals surface area contributed by atoms with Crippen LogP contribution in [0.25, 0.3) is 5.65 Å². The Balaban J connectivity index is 2.59. The third-order valence-corrected chi connectivity index (χ3v) is 3.01. The second kappa shape index (κ2) is 3.59. The minimum absolute atomic E-state index is 0.00991. The maximum Gasteiger partial charge on any atom is 0.139 e. The van der Waals surface area contributed by atoms with Gasteiger partial charge in [0.15, 0.2) is 0 Å². The summed E-state index contributed by atoms with van der Waals surface area (Å²) in [6, 6.07) is 4.08. The summed E-state index contributed by atoms with van der Waals surface area (Å²) in [5.41, 5.74) is 9.56. The van der Waals surface area contributed by atoms with Crippen LogP contribution in [0.15, 0.2) is 24.5 Å². The molecule has 0 aliphatic heterocycles. The summed E-state index contributed by atoms with van der Waals surface area (Å²) in [5, 5.41) is 0. The molecule has 3 nitrogen and oxygen atoms in total. The van der Waals surface area contributed by atoms with Gasteiger partial charge >= 0.3 is 0 Å². The van der Waals surface area contributed by atoms with Crippen molar-refractivity contribution < 1.29 is 0 Å². The van der Waals surface area contributed by atoms with E-state index in [2.05, 4.69) is 43.1 Å². The lowest BCUT2D eigenvalue weighted by atomic mass is 9.86. The molecule has 0 unspecified atom stereocenters. The minimum atomic E-state index is -0.00991. The van der Waals surface area contributed by atoms with Crippen LogP contribution in [0.5, 0.6) is 0 Å². The first-order valence-electron chi connectivity index (χ1n) is 5.59. The van der Waals surface area contributed by atoms with Crippen molar-refractivity contribution in [2.45, 2.75) is 33.7 Å². The number of rotatable bonds is 1. The van der Waals surface area contributed by atoms with Crippen molar-refractivity contribution in [1.82, 2.24) is 9.38 Å². The van der Waals surface area contributed by atoms with Crippen LogP contribution < -0.4 is 5.73 Å². The molecule has 0 saturated carbocycles. The molecule has 0 aromatic carbocycles. The molecular weight excluding hydrogens is 198 g/mol. The molecule has 3 heteroatoms. The quantitative estimate of drug-likeness (QED) is 0.798. The summed E-state index contributed by atoms with van der Waals surface area (Å²) in [4.78, 5) is 4.44. The number of imidazole rings is 1. The third kappa shape index (κ3) is 1.71. The summed E-state index contributed by atoms with van der Waals surface area (Å²) in [6.07, 6.45) is 3.91. The second-order valence-electron chi connectivity index (χ2n) is 5.41. The highest BCUT2D eigenvalue weighted by molar-refractivity contribution is 5.48. The zero-order valence-electron chi connectivity index (χ0n) is 10.4. The number of aryl methyl sites for hydroxylation is 1. The van der Waals surface area contributed by atoms with Gasteiger partial charge in [-0.15, -0.1) is 0 Å². The molecule has 0 aliphatic carbocycles. The van der Waals surface area contributed by atoms with E-state index in [1.165, 1.54) is 5.56 Å². The number of nitrogens with zero attached hydrogens (tertiary/aromatic N) is 2. The largest absolute Gasteiger partial charge is 0.322 e. The van der Waals surface area contributed by atoms with Crippen LogP contribution in [-0.4, -0.2) is 9.38 Å². The van der Waals surface area contributed by atoms with Crippen LogP contribution in [-0.2, 0) is 0 Å². The van der Waals surface area contributed by atoms with Gasteiger partial charge in [-0.2, -0.15) is 0 Å². The maximum absolute atomic E-state index is 6.27. The van der Waals surface area contributed by atoms with E-state index in [0.29, 0.717) is 0 Å². The second-order valence-corrected chi connectivity index (χ2v) is 5.41. The van der Waals surface area contributed by atoms with E-state index in [1.807, 2.05) is 18.5 Å². The van der Waals surface area contributed by atoms with Gasteiger partial charge in [-0.1, -0.05) is 26.8 Å². The molecule has 16 heavy (non-hydrogen) atoms. The predicted octanol–water partition coefficient (Wildman–Crippen LogP) is 2.69. The van der Waals surface area contributed by atoms with E-state index >= 15 is 0 Å². The molecule has 0 bridgehead atoms. The first-order chi connectivity index (χ1) is 7.41. The molecule has 0 fully saturated rings. The van der Waals surface area contributed by atoms with Crippen molar-refractivity contribution in [2.24, 2.45) is 11.1 Å². The molecule has 2 rings (SSSR count). The monoisotopic (exact) mass is 217 g/mol. The highest BCUT2D eigenvalue weighted by Crippen LogP contribution is 2.30. The average molecular weight is 217 g/mol. The summed E-state index contributed by atoms with van der Waals surface area (Å²) < 4.78 is 2.09. The zero-order chi connectivity index (χ0) is 11.9. The zero-order valence-corrected chi connectivity index (χ0v) is 10.4. The van der Waals surface area contributed by atoms with E-state index in [9.17, 15) is 0 Å². The van der Waals surface area contributed by atoms with Gasteiger partial charge in [-0.25, -0.2) is 4.98 Å². The third-order valence-electron chi connectivity index (χ3n) is 3.01. The number of hydrogen-bond donors (Lipinski definition) is 1. The Kier molecular flexibility index (Phi) is 2.50. The van der Waals surface area contributed by atoms with Gasteiger partial charge in [0.1, 0.15) is 5.65 Å². The molecule has 0 saturated heterocycles. The van der Waals surface area contributed by atoms with Crippen molar-refractivity contribution >= 4 is 5.65 Å². The van der Waals surface area contributed by atoms with Crippen LogP contribution >= 0.6 is 0 Å². The van der Waals surface area contributed by atoms with E-state index in [1.54, 1.807) is 0 Å². The van der Waals surface area contributed by atoms with Crippen molar-refractivity contribution in [1.29, 1.82) is 0 Å². The molecule has 2 N–H and O–H groups in total. The van der Waals surface area contributed by atoms with Gasteiger partial charge in [0.2, 0.25) is 0 Å². The highest BCUT2D eigenvalue weighted by atomic mass is 15.0. The highest BCUT2D eigenvalue weighted by Gasteiger charge is 2.25. The smallest absolute Gasteiger partial charge is 0.139 e. The van der Waals surface area contributed by atoms with E-state index in [-0.39, 0.29) is 11.5 Å². The Morgan fingerprint density at radius 2 is 2.06 bits per heavy atom. The minimum Gasteiger partial charge on any atom is -0.322 e. The number of aromatic nitrogens is 2. The Morgan fingerprint density at radius 1 is 1.38 bits per heavy atom. The fourth-order valence-corrected chi connectivity index (χ4v) is 1.84. The molecular formula is C13H19N3. The molecule has 0 spiro atoms. The topological polar surface area (TPSA) is 43.3 Å². The molecule has 0 radical (unpaired) electrons. The Morgan fingerprint density at radius 3 is 2.69 bits per heavy atom. The Hall–Kier alpha value is -1.35. The molecule has 2 heterocycles. The van der Waals surface area contributed by atoms with Gasteiger partial charge in [0.25, 0.3) is 0 Å². The Bertz CT molecular complexity index is 505. The van der Waals surface area contributed by atoms with Gasteiger partial charge in [0, 0.05) is 6.20 Å². The number of nitrogens with two attached hydrogens (primary N) is 1. The van der Waals surface area contributed by atoms with Crippen LogP contribution in [0.4, 0.5) is 0 Å². The number of fused-ring (bicyclic) bond motifs is 1. The maximum atomic E-state index is 6.27. The first-order valence-corrected chi connectivity index (χ1v) is 5.59. The van der Waals surface area contributed by atoms with Crippen molar-refractivity contribution in [3.05, 3.63) is 35.8 Å². The normalized spacial score (nSPS) is 14.3. The van der Waals surface area contributed by atoms with Crippen LogP contribution in [0.2, 0.25) is 0 Å². The molecule has 0 aliphatic rings.